The molecule has 1 heterocycles. The number of piperazine rings is 1. The number of ether oxygens (including phenoxy) is 2. The molecule has 7 heteroatoms. The van der Waals surface area contributed by atoms with Crippen LogP contribution in [-0.4, -0.2) is 62.8 Å². The van der Waals surface area contributed by atoms with E-state index in [-0.39, 0.29) is 5.91 Å². The highest BCUT2D eigenvalue weighted by Gasteiger charge is 2.29. The van der Waals surface area contributed by atoms with Gasteiger partial charge in [-0.3, -0.25) is 9.69 Å². The first-order valence-corrected chi connectivity index (χ1v) is 10.6. The van der Waals surface area contributed by atoms with E-state index < -0.39 is 5.60 Å². The minimum atomic E-state index is -0.957. The maximum atomic E-state index is 12.6. The zero-order valence-electron chi connectivity index (χ0n) is 17.9. The van der Waals surface area contributed by atoms with E-state index in [1.807, 2.05) is 12.1 Å². The lowest BCUT2D eigenvalue weighted by atomic mass is 10.1. The highest BCUT2D eigenvalue weighted by molar-refractivity contribution is 6.30. The van der Waals surface area contributed by atoms with E-state index in [1.54, 1.807) is 45.2 Å². The van der Waals surface area contributed by atoms with Crippen LogP contribution in [0, 0.1) is 0 Å². The van der Waals surface area contributed by atoms with Crippen LogP contribution in [0.5, 0.6) is 11.5 Å². The average Bonchev–Trinajstić information content (AvgIpc) is 2.76. The van der Waals surface area contributed by atoms with E-state index in [2.05, 4.69) is 27.2 Å². The lowest BCUT2D eigenvalue weighted by molar-refractivity contribution is -0.134. The van der Waals surface area contributed by atoms with Gasteiger partial charge >= 0.3 is 0 Å². The van der Waals surface area contributed by atoms with Crippen LogP contribution >= 0.6 is 11.6 Å². The molecule has 0 radical (unpaired) electrons. The monoisotopic (exact) mass is 431 g/mol. The summed E-state index contributed by atoms with van der Waals surface area (Å²) in [7, 11) is 1.68. The third kappa shape index (κ3) is 6.03. The molecule has 0 bridgehead atoms. The Kier molecular flexibility index (Phi) is 7.45. The predicted molar refractivity (Wildman–Crippen MR) is 121 cm³/mol. The van der Waals surface area contributed by atoms with Crippen molar-refractivity contribution in [1.82, 2.24) is 10.2 Å². The van der Waals surface area contributed by atoms with E-state index in [0.717, 1.165) is 38.5 Å². The summed E-state index contributed by atoms with van der Waals surface area (Å²) in [5, 5.41) is 3.63. The fourth-order valence-electron chi connectivity index (χ4n) is 3.41. The quantitative estimate of drug-likeness (QED) is 0.693. The van der Waals surface area contributed by atoms with Crippen LogP contribution in [0.25, 0.3) is 0 Å². The highest BCUT2D eigenvalue weighted by Crippen LogP contribution is 2.22. The summed E-state index contributed by atoms with van der Waals surface area (Å²) in [5.41, 5.74) is 0.255. The molecule has 162 valence electrons. The second kappa shape index (κ2) is 10.0. The molecule has 1 aliphatic rings. The zero-order valence-corrected chi connectivity index (χ0v) is 18.6. The van der Waals surface area contributed by atoms with Crippen molar-refractivity contribution in [2.75, 3.05) is 51.3 Å². The summed E-state index contributed by atoms with van der Waals surface area (Å²) in [5.74, 6) is 1.36. The van der Waals surface area contributed by atoms with Crippen LogP contribution in [-0.2, 0) is 4.79 Å². The maximum Gasteiger partial charge on any atom is 0.263 e. The molecule has 1 N–H and O–H groups in total. The summed E-state index contributed by atoms with van der Waals surface area (Å²) < 4.78 is 11.1. The Hall–Kier alpha value is -2.44. The summed E-state index contributed by atoms with van der Waals surface area (Å²) >= 11 is 5.90. The molecule has 1 aliphatic heterocycles. The van der Waals surface area contributed by atoms with Gasteiger partial charge in [-0.1, -0.05) is 11.6 Å². The van der Waals surface area contributed by atoms with E-state index in [0.29, 0.717) is 17.3 Å². The number of nitrogens with zero attached hydrogens (tertiary/aromatic N) is 2. The molecule has 2 aromatic rings. The number of methoxy groups -OCH3 is 1. The lowest BCUT2D eigenvalue weighted by Crippen LogP contribution is -2.51. The largest absolute Gasteiger partial charge is 0.497 e. The number of carbonyl (C=O) groups is 1. The molecule has 30 heavy (non-hydrogen) atoms. The Bertz CT molecular complexity index is 817. The minimum Gasteiger partial charge on any atom is -0.497 e. The molecule has 6 nitrogen and oxygen atoms in total. The van der Waals surface area contributed by atoms with Crippen LogP contribution in [0.2, 0.25) is 5.02 Å². The topological polar surface area (TPSA) is 54.0 Å². The van der Waals surface area contributed by atoms with Crippen molar-refractivity contribution in [3.63, 3.8) is 0 Å². The number of nitrogens with one attached hydrogen (secondary N) is 1. The van der Waals surface area contributed by atoms with Crippen molar-refractivity contribution in [3.05, 3.63) is 53.6 Å². The SMILES string of the molecule is COc1ccc(N2CCN(CCNC(=O)C(C)(C)Oc3ccc(Cl)cc3)CC2)cc1. The Balaban J connectivity index is 1.39. The van der Waals surface area contributed by atoms with Crippen LogP contribution in [0.4, 0.5) is 5.69 Å². The number of rotatable bonds is 8. The summed E-state index contributed by atoms with van der Waals surface area (Å²) in [6.07, 6.45) is 0. The van der Waals surface area contributed by atoms with Crippen LogP contribution < -0.4 is 19.7 Å². The van der Waals surface area contributed by atoms with Crippen LogP contribution in [0.1, 0.15) is 13.8 Å². The molecule has 0 aliphatic carbocycles. The first-order chi connectivity index (χ1) is 14.4. The molecular weight excluding hydrogens is 402 g/mol. The number of benzene rings is 2. The second-order valence-corrected chi connectivity index (χ2v) is 8.29. The van der Waals surface area contributed by atoms with Crippen molar-refractivity contribution < 1.29 is 14.3 Å². The van der Waals surface area contributed by atoms with E-state index in [1.165, 1.54) is 5.69 Å². The molecular formula is C23H30ClN3O3. The Morgan fingerprint density at radius 3 is 2.20 bits per heavy atom. The zero-order chi connectivity index (χ0) is 21.6. The molecule has 1 saturated heterocycles. The molecule has 0 aromatic heterocycles. The molecule has 1 amide bonds. The van der Waals surface area contributed by atoms with Gasteiger partial charge in [0.25, 0.3) is 5.91 Å². The molecule has 1 fully saturated rings. The number of hydrogen-bond acceptors (Lipinski definition) is 5. The van der Waals surface area contributed by atoms with Crippen LogP contribution in [0.15, 0.2) is 48.5 Å². The van der Waals surface area contributed by atoms with Gasteiger partial charge < -0.3 is 19.7 Å². The molecule has 0 spiro atoms. The van der Waals surface area contributed by atoms with Gasteiger partial charge in [0.1, 0.15) is 11.5 Å². The third-order valence-electron chi connectivity index (χ3n) is 5.26. The highest BCUT2D eigenvalue weighted by atomic mass is 35.5. The first-order valence-electron chi connectivity index (χ1n) is 10.2. The van der Waals surface area contributed by atoms with Gasteiger partial charge in [-0.15, -0.1) is 0 Å². The van der Waals surface area contributed by atoms with Crippen molar-refractivity contribution in [2.24, 2.45) is 0 Å². The lowest BCUT2D eigenvalue weighted by Gasteiger charge is -2.36. The minimum absolute atomic E-state index is 0.130. The fraction of sp³-hybridized carbons (Fsp3) is 0.435. The van der Waals surface area contributed by atoms with Gasteiger partial charge in [0.2, 0.25) is 0 Å². The van der Waals surface area contributed by atoms with E-state index in [4.69, 9.17) is 21.1 Å². The molecule has 0 atom stereocenters. The Morgan fingerprint density at radius 1 is 1.00 bits per heavy atom. The second-order valence-electron chi connectivity index (χ2n) is 7.85. The van der Waals surface area contributed by atoms with E-state index >= 15 is 0 Å². The van der Waals surface area contributed by atoms with Gasteiger partial charge in [0, 0.05) is 50.0 Å². The van der Waals surface area contributed by atoms with E-state index in [9.17, 15) is 4.79 Å². The van der Waals surface area contributed by atoms with Gasteiger partial charge in [-0.05, 0) is 62.4 Å². The van der Waals surface area contributed by atoms with Crippen molar-refractivity contribution in [1.29, 1.82) is 0 Å². The van der Waals surface area contributed by atoms with Gasteiger partial charge in [-0.25, -0.2) is 0 Å². The average molecular weight is 432 g/mol. The number of halogens is 1. The summed E-state index contributed by atoms with van der Waals surface area (Å²) in [6.45, 7) is 8.80. The fourth-order valence-corrected chi connectivity index (χ4v) is 3.53. The third-order valence-corrected chi connectivity index (χ3v) is 5.51. The molecule has 0 saturated carbocycles. The van der Waals surface area contributed by atoms with Gasteiger partial charge in [0.15, 0.2) is 5.60 Å². The molecule has 0 unspecified atom stereocenters. The van der Waals surface area contributed by atoms with Gasteiger partial charge in [0.05, 0.1) is 7.11 Å². The number of hydrogen-bond donors (Lipinski definition) is 1. The molecule has 2 aromatic carbocycles. The number of carbonyl (C=O) groups excluding carboxylic acids is 1. The standard InChI is InChI=1S/C23H30ClN3O3/c1-23(2,30-21-8-4-18(24)5-9-21)22(28)25-12-13-26-14-16-27(17-15-26)19-6-10-20(29-3)11-7-19/h4-11H,12-17H2,1-3H3,(H,25,28). The van der Waals surface area contributed by atoms with Crippen molar-refractivity contribution in [2.45, 2.75) is 19.4 Å². The van der Waals surface area contributed by atoms with Gasteiger partial charge in [-0.2, -0.15) is 0 Å². The Morgan fingerprint density at radius 2 is 1.60 bits per heavy atom. The summed E-state index contributed by atoms with van der Waals surface area (Å²) in [6, 6.07) is 15.2. The normalized spacial score (nSPS) is 15.0. The van der Waals surface area contributed by atoms with Crippen molar-refractivity contribution in [3.8, 4) is 11.5 Å². The predicted octanol–water partition coefficient (Wildman–Crippen LogP) is 3.44. The Labute approximate surface area is 183 Å². The van der Waals surface area contributed by atoms with Crippen LogP contribution in [0.3, 0.4) is 0 Å². The number of amides is 1. The smallest absolute Gasteiger partial charge is 0.263 e. The maximum absolute atomic E-state index is 12.6. The first kappa shape index (κ1) is 22.2. The van der Waals surface area contributed by atoms with Crippen molar-refractivity contribution >= 4 is 23.2 Å². The summed E-state index contributed by atoms with van der Waals surface area (Å²) in [4.78, 5) is 17.3. The number of anilines is 1. The molecule has 3 rings (SSSR count).